The van der Waals surface area contributed by atoms with Crippen molar-refractivity contribution in [1.29, 1.82) is 0 Å². The predicted molar refractivity (Wildman–Crippen MR) is 79.4 cm³/mol. The van der Waals surface area contributed by atoms with Gasteiger partial charge >= 0.3 is 0 Å². The van der Waals surface area contributed by atoms with Crippen LogP contribution in [0.5, 0.6) is 0 Å². The first-order valence-corrected chi connectivity index (χ1v) is 7.31. The van der Waals surface area contributed by atoms with Crippen LogP contribution < -0.4 is 10.6 Å². The van der Waals surface area contributed by atoms with Crippen molar-refractivity contribution in [2.45, 2.75) is 25.8 Å². The summed E-state index contributed by atoms with van der Waals surface area (Å²) in [5, 5.41) is 6.19. The summed E-state index contributed by atoms with van der Waals surface area (Å²) in [7, 11) is 0. The third-order valence-corrected chi connectivity index (χ3v) is 3.71. The number of halogens is 1. The van der Waals surface area contributed by atoms with Crippen molar-refractivity contribution in [2.75, 3.05) is 25.1 Å². The van der Waals surface area contributed by atoms with Crippen molar-refractivity contribution in [3.63, 3.8) is 0 Å². The van der Waals surface area contributed by atoms with E-state index in [1.807, 2.05) is 25.1 Å². The third kappa shape index (κ3) is 4.51. The lowest BCUT2D eigenvalue weighted by Crippen LogP contribution is -2.41. The van der Waals surface area contributed by atoms with Gasteiger partial charge < -0.3 is 15.4 Å². The van der Waals surface area contributed by atoms with Gasteiger partial charge in [-0.1, -0.05) is 15.9 Å². The van der Waals surface area contributed by atoms with Crippen LogP contribution in [-0.2, 0) is 9.53 Å². The molecule has 1 aromatic carbocycles. The van der Waals surface area contributed by atoms with E-state index in [0.717, 1.165) is 41.8 Å². The number of carbonyl (C=O) groups excluding carboxylic acids is 1. The highest BCUT2D eigenvalue weighted by Crippen LogP contribution is 2.19. The predicted octanol–water partition coefficient (Wildman–Crippen LogP) is 2.46. The van der Waals surface area contributed by atoms with E-state index in [1.165, 1.54) is 0 Å². The highest BCUT2D eigenvalue weighted by atomic mass is 79.9. The summed E-state index contributed by atoms with van der Waals surface area (Å²) in [5.74, 6) is 0.0363. The van der Waals surface area contributed by atoms with Crippen LogP contribution in [0.4, 0.5) is 5.69 Å². The van der Waals surface area contributed by atoms with Crippen LogP contribution in [0.25, 0.3) is 0 Å². The van der Waals surface area contributed by atoms with Gasteiger partial charge in [0.05, 0.1) is 6.54 Å². The number of aryl methyl sites for hydroxylation is 1. The highest BCUT2D eigenvalue weighted by molar-refractivity contribution is 9.10. The molecule has 5 heteroatoms. The molecule has 0 bridgehead atoms. The molecule has 19 heavy (non-hydrogen) atoms. The summed E-state index contributed by atoms with van der Waals surface area (Å²) in [4.78, 5) is 11.8. The Kier molecular flexibility index (Phi) is 5.22. The van der Waals surface area contributed by atoms with Crippen LogP contribution in [0, 0.1) is 6.92 Å². The van der Waals surface area contributed by atoms with E-state index in [1.54, 1.807) is 0 Å². The molecule has 1 saturated heterocycles. The summed E-state index contributed by atoms with van der Waals surface area (Å²) >= 11 is 3.42. The minimum atomic E-state index is 0.0363. The minimum absolute atomic E-state index is 0.0363. The van der Waals surface area contributed by atoms with Gasteiger partial charge in [0.2, 0.25) is 5.91 Å². The monoisotopic (exact) mass is 326 g/mol. The van der Waals surface area contributed by atoms with Gasteiger partial charge in [-0.2, -0.15) is 0 Å². The van der Waals surface area contributed by atoms with E-state index in [4.69, 9.17) is 4.74 Å². The number of ether oxygens (including phenoxy) is 1. The zero-order valence-electron chi connectivity index (χ0n) is 11.0. The van der Waals surface area contributed by atoms with Crippen molar-refractivity contribution in [3.05, 3.63) is 28.2 Å². The second-order valence-electron chi connectivity index (χ2n) is 4.77. The molecule has 1 aliphatic heterocycles. The Hall–Kier alpha value is -1.07. The molecule has 2 rings (SSSR count). The van der Waals surface area contributed by atoms with Crippen molar-refractivity contribution in [1.82, 2.24) is 5.32 Å². The van der Waals surface area contributed by atoms with E-state index in [9.17, 15) is 4.79 Å². The molecule has 0 aromatic heterocycles. The number of benzene rings is 1. The van der Waals surface area contributed by atoms with Crippen LogP contribution in [0.1, 0.15) is 18.4 Å². The van der Waals surface area contributed by atoms with Crippen molar-refractivity contribution in [2.24, 2.45) is 0 Å². The lowest BCUT2D eigenvalue weighted by atomic mass is 10.1. The van der Waals surface area contributed by atoms with Crippen molar-refractivity contribution >= 4 is 27.5 Å². The minimum Gasteiger partial charge on any atom is -0.381 e. The fraction of sp³-hybridized carbons (Fsp3) is 0.500. The zero-order valence-corrected chi connectivity index (χ0v) is 12.6. The Morgan fingerprint density at radius 2 is 2.16 bits per heavy atom. The summed E-state index contributed by atoms with van der Waals surface area (Å²) in [6, 6.07) is 6.22. The first kappa shape index (κ1) is 14.3. The van der Waals surface area contributed by atoms with Crippen molar-refractivity contribution in [3.8, 4) is 0 Å². The largest absolute Gasteiger partial charge is 0.381 e. The molecule has 2 N–H and O–H groups in total. The number of rotatable bonds is 4. The number of hydrogen-bond donors (Lipinski definition) is 2. The van der Waals surface area contributed by atoms with Gasteiger partial charge in [0.1, 0.15) is 0 Å². The van der Waals surface area contributed by atoms with Gasteiger partial charge in [-0.15, -0.1) is 0 Å². The van der Waals surface area contributed by atoms with E-state index in [2.05, 4.69) is 26.6 Å². The lowest BCUT2D eigenvalue weighted by Gasteiger charge is -2.23. The molecule has 104 valence electrons. The third-order valence-electron chi connectivity index (χ3n) is 3.21. The van der Waals surface area contributed by atoms with Gasteiger partial charge in [-0.25, -0.2) is 0 Å². The standard InChI is InChI=1S/C14H19BrN2O2/c1-10-8-11(15)2-3-13(10)16-9-14(18)17-12-4-6-19-7-5-12/h2-3,8,12,16H,4-7,9H2,1H3,(H,17,18). The van der Waals surface area contributed by atoms with Crippen LogP contribution in [0.2, 0.25) is 0 Å². The molecule has 1 aliphatic rings. The van der Waals surface area contributed by atoms with Crippen molar-refractivity contribution < 1.29 is 9.53 Å². The number of carbonyl (C=O) groups is 1. The molecular formula is C14H19BrN2O2. The quantitative estimate of drug-likeness (QED) is 0.893. The molecule has 0 radical (unpaired) electrons. The SMILES string of the molecule is Cc1cc(Br)ccc1NCC(=O)NC1CCOCC1. The van der Waals surface area contributed by atoms with Crippen LogP contribution in [0.15, 0.2) is 22.7 Å². The van der Waals surface area contributed by atoms with Gasteiger partial charge in [-0.05, 0) is 43.5 Å². The fourth-order valence-electron chi connectivity index (χ4n) is 2.12. The molecule has 0 aliphatic carbocycles. The molecule has 1 amide bonds. The molecule has 1 heterocycles. The molecule has 0 saturated carbocycles. The van der Waals surface area contributed by atoms with Gasteiger partial charge in [0.15, 0.2) is 0 Å². The number of hydrogen-bond acceptors (Lipinski definition) is 3. The Morgan fingerprint density at radius 3 is 2.84 bits per heavy atom. The van der Waals surface area contributed by atoms with E-state index in [0.29, 0.717) is 6.54 Å². The molecule has 1 aromatic rings. The van der Waals surface area contributed by atoms with E-state index >= 15 is 0 Å². The second-order valence-corrected chi connectivity index (χ2v) is 5.68. The summed E-state index contributed by atoms with van der Waals surface area (Å²) in [6.07, 6.45) is 1.81. The lowest BCUT2D eigenvalue weighted by molar-refractivity contribution is -0.120. The number of amides is 1. The van der Waals surface area contributed by atoms with E-state index in [-0.39, 0.29) is 11.9 Å². The Morgan fingerprint density at radius 1 is 1.42 bits per heavy atom. The Bertz CT molecular complexity index is 445. The average Bonchev–Trinajstić information content (AvgIpc) is 2.39. The molecule has 0 atom stereocenters. The molecule has 4 nitrogen and oxygen atoms in total. The Balaban J connectivity index is 1.79. The topological polar surface area (TPSA) is 50.4 Å². The summed E-state index contributed by atoms with van der Waals surface area (Å²) in [6.45, 7) is 3.80. The summed E-state index contributed by atoms with van der Waals surface area (Å²) in [5.41, 5.74) is 2.11. The van der Waals surface area contributed by atoms with E-state index < -0.39 is 0 Å². The average molecular weight is 327 g/mol. The Labute approximate surface area is 122 Å². The smallest absolute Gasteiger partial charge is 0.239 e. The second kappa shape index (κ2) is 6.91. The normalized spacial score (nSPS) is 16.1. The number of anilines is 1. The maximum atomic E-state index is 11.8. The molecule has 1 fully saturated rings. The van der Waals surface area contributed by atoms with Crippen LogP contribution in [0.3, 0.4) is 0 Å². The summed E-state index contributed by atoms with van der Waals surface area (Å²) < 4.78 is 6.31. The molecular weight excluding hydrogens is 308 g/mol. The van der Waals surface area contributed by atoms with Gasteiger partial charge in [-0.3, -0.25) is 4.79 Å². The maximum absolute atomic E-state index is 11.8. The number of nitrogens with one attached hydrogen (secondary N) is 2. The maximum Gasteiger partial charge on any atom is 0.239 e. The fourth-order valence-corrected chi connectivity index (χ4v) is 2.60. The first-order chi connectivity index (χ1) is 9.15. The van der Waals surface area contributed by atoms with Gasteiger partial charge in [0, 0.05) is 29.4 Å². The zero-order chi connectivity index (χ0) is 13.7. The van der Waals surface area contributed by atoms with Crippen LogP contribution >= 0.6 is 15.9 Å². The first-order valence-electron chi connectivity index (χ1n) is 6.52. The molecule has 0 unspecified atom stereocenters. The van der Waals surface area contributed by atoms with Gasteiger partial charge in [0.25, 0.3) is 0 Å². The molecule has 0 spiro atoms. The highest BCUT2D eigenvalue weighted by Gasteiger charge is 2.15. The van der Waals surface area contributed by atoms with Crippen LogP contribution in [-0.4, -0.2) is 31.7 Å².